The van der Waals surface area contributed by atoms with Crippen LogP contribution >= 0.6 is 11.6 Å². The molecule has 1 heterocycles. The van der Waals surface area contributed by atoms with Crippen molar-refractivity contribution >= 4 is 17.3 Å². The van der Waals surface area contributed by atoms with E-state index in [1.807, 2.05) is 0 Å². The highest BCUT2D eigenvalue weighted by Gasteiger charge is 2.16. The van der Waals surface area contributed by atoms with E-state index in [4.69, 9.17) is 17.3 Å². The van der Waals surface area contributed by atoms with Crippen LogP contribution in [0.1, 0.15) is 0 Å². The normalized spacial score (nSPS) is 10.8. The largest absolute Gasteiger partial charge is 0.398 e. The van der Waals surface area contributed by atoms with Gasteiger partial charge in [0, 0.05) is 5.56 Å². The zero-order chi connectivity index (χ0) is 15.0. The molecule has 5 nitrogen and oxygen atoms in total. The van der Waals surface area contributed by atoms with Gasteiger partial charge in [-0.15, -0.1) is 5.10 Å². The summed E-state index contributed by atoms with van der Waals surface area (Å²) in [5.74, 6) is -1.79. The Hall–Kier alpha value is -2.54. The van der Waals surface area contributed by atoms with Crippen LogP contribution < -0.4 is 5.73 Å². The van der Waals surface area contributed by atoms with Crippen molar-refractivity contribution in [3.63, 3.8) is 0 Å². The van der Waals surface area contributed by atoms with Gasteiger partial charge < -0.3 is 5.73 Å². The molecule has 0 radical (unpaired) electrons. The molecule has 0 saturated heterocycles. The first kappa shape index (κ1) is 13.4. The van der Waals surface area contributed by atoms with Crippen molar-refractivity contribution in [2.75, 3.05) is 5.73 Å². The van der Waals surface area contributed by atoms with Crippen LogP contribution in [-0.2, 0) is 0 Å². The number of hydrogen-bond acceptors (Lipinski definition) is 4. The van der Waals surface area contributed by atoms with Crippen LogP contribution in [0.5, 0.6) is 0 Å². The Morgan fingerprint density at radius 2 is 1.95 bits per heavy atom. The highest BCUT2D eigenvalue weighted by molar-refractivity contribution is 6.33. The molecule has 0 aliphatic heterocycles. The monoisotopic (exact) mass is 307 g/mol. The predicted octanol–water partition coefficient (Wildman–Crippen LogP) is 2.84. The summed E-state index contributed by atoms with van der Waals surface area (Å²) in [4.78, 5) is 0. The Bertz CT molecular complexity index is 818. The number of nitrogen functional groups attached to an aromatic ring is 1. The molecular formula is C13H8ClF2N5. The lowest BCUT2D eigenvalue weighted by molar-refractivity contribution is 0.501. The molecule has 2 aromatic carbocycles. The fourth-order valence-electron chi connectivity index (χ4n) is 1.87. The molecule has 21 heavy (non-hydrogen) atoms. The van der Waals surface area contributed by atoms with Gasteiger partial charge in [0.2, 0.25) is 0 Å². The molecule has 2 N–H and O–H groups in total. The van der Waals surface area contributed by atoms with Gasteiger partial charge in [-0.1, -0.05) is 17.7 Å². The Labute approximate surface area is 123 Å². The third-order valence-electron chi connectivity index (χ3n) is 2.88. The van der Waals surface area contributed by atoms with Gasteiger partial charge in [0.15, 0.2) is 17.5 Å². The molecule has 3 aromatic rings. The molecular weight excluding hydrogens is 300 g/mol. The Morgan fingerprint density at radius 1 is 1.14 bits per heavy atom. The molecule has 106 valence electrons. The average molecular weight is 308 g/mol. The number of nitrogens with zero attached hydrogens (tertiary/aromatic N) is 4. The van der Waals surface area contributed by atoms with Gasteiger partial charge in [0.05, 0.1) is 10.7 Å². The lowest BCUT2D eigenvalue weighted by Crippen LogP contribution is -2.04. The summed E-state index contributed by atoms with van der Waals surface area (Å²) < 4.78 is 28.3. The lowest BCUT2D eigenvalue weighted by Gasteiger charge is -2.07. The molecule has 0 aliphatic rings. The van der Waals surface area contributed by atoms with Crippen molar-refractivity contribution in [3.8, 4) is 17.1 Å². The van der Waals surface area contributed by atoms with E-state index in [-0.39, 0.29) is 11.5 Å². The van der Waals surface area contributed by atoms with Crippen LogP contribution in [0.25, 0.3) is 17.1 Å². The maximum absolute atomic E-state index is 13.9. The summed E-state index contributed by atoms with van der Waals surface area (Å²) in [5.41, 5.74) is 6.50. The predicted molar refractivity (Wildman–Crippen MR) is 73.9 cm³/mol. The van der Waals surface area contributed by atoms with Crippen molar-refractivity contribution < 1.29 is 8.78 Å². The Balaban J connectivity index is 2.17. The van der Waals surface area contributed by atoms with Crippen LogP contribution in [0, 0.1) is 11.6 Å². The van der Waals surface area contributed by atoms with Crippen molar-refractivity contribution in [1.29, 1.82) is 0 Å². The maximum Gasteiger partial charge on any atom is 0.187 e. The highest BCUT2D eigenvalue weighted by Crippen LogP contribution is 2.27. The minimum Gasteiger partial charge on any atom is -0.398 e. The van der Waals surface area contributed by atoms with Gasteiger partial charge in [0.25, 0.3) is 0 Å². The van der Waals surface area contributed by atoms with E-state index >= 15 is 0 Å². The molecule has 8 heteroatoms. The molecule has 0 unspecified atom stereocenters. The second-order valence-electron chi connectivity index (χ2n) is 4.22. The van der Waals surface area contributed by atoms with Gasteiger partial charge in [0.1, 0.15) is 5.69 Å². The summed E-state index contributed by atoms with van der Waals surface area (Å²) in [5, 5.41) is 11.4. The van der Waals surface area contributed by atoms with Crippen molar-refractivity contribution in [3.05, 3.63) is 53.1 Å². The number of benzene rings is 2. The van der Waals surface area contributed by atoms with Gasteiger partial charge in [-0.3, -0.25) is 0 Å². The second kappa shape index (κ2) is 5.10. The fourth-order valence-corrected chi connectivity index (χ4v) is 1.99. The van der Waals surface area contributed by atoms with Gasteiger partial charge in [-0.2, -0.15) is 4.68 Å². The third-order valence-corrected chi connectivity index (χ3v) is 3.23. The number of tetrazole rings is 1. The van der Waals surface area contributed by atoms with E-state index in [0.717, 1.165) is 10.7 Å². The lowest BCUT2D eigenvalue weighted by atomic mass is 10.2. The zero-order valence-corrected chi connectivity index (χ0v) is 11.2. The van der Waals surface area contributed by atoms with E-state index in [1.165, 1.54) is 12.1 Å². The van der Waals surface area contributed by atoms with Crippen LogP contribution in [0.4, 0.5) is 14.5 Å². The van der Waals surface area contributed by atoms with Crippen LogP contribution in [0.15, 0.2) is 36.4 Å². The van der Waals surface area contributed by atoms with Crippen LogP contribution in [0.2, 0.25) is 5.02 Å². The summed E-state index contributed by atoms with van der Waals surface area (Å²) in [7, 11) is 0. The quantitative estimate of drug-likeness (QED) is 0.739. The molecule has 0 amide bonds. The topological polar surface area (TPSA) is 69.6 Å². The number of halogens is 3. The van der Waals surface area contributed by atoms with Crippen molar-refractivity contribution in [2.24, 2.45) is 0 Å². The van der Waals surface area contributed by atoms with E-state index in [2.05, 4.69) is 15.5 Å². The first-order valence-electron chi connectivity index (χ1n) is 5.86. The maximum atomic E-state index is 13.9. The summed E-state index contributed by atoms with van der Waals surface area (Å²) in [6, 6.07) is 8.53. The molecule has 0 fully saturated rings. The van der Waals surface area contributed by atoms with Gasteiger partial charge >= 0.3 is 0 Å². The van der Waals surface area contributed by atoms with E-state index in [0.29, 0.717) is 16.3 Å². The molecule has 0 atom stereocenters. The Morgan fingerprint density at radius 3 is 2.71 bits per heavy atom. The van der Waals surface area contributed by atoms with Gasteiger partial charge in [-0.25, -0.2) is 8.78 Å². The van der Waals surface area contributed by atoms with Crippen LogP contribution in [-0.4, -0.2) is 20.2 Å². The summed E-state index contributed by atoms with van der Waals surface area (Å²) in [6.45, 7) is 0. The third kappa shape index (κ3) is 2.31. The fraction of sp³-hybridized carbons (Fsp3) is 0. The van der Waals surface area contributed by atoms with Crippen molar-refractivity contribution in [2.45, 2.75) is 0 Å². The summed E-state index contributed by atoms with van der Waals surface area (Å²) in [6.07, 6.45) is 0. The van der Waals surface area contributed by atoms with Gasteiger partial charge in [-0.05, 0) is 40.8 Å². The van der Waals surface area contributed by atoms with E-state index in [1.54, 1.807) is 18.2 Å². The van der Waals surface area contributed by atoms with E-state index < -0.39 is 11.6 Å². The van der Waals surface area contributed by atoms with E-state index in [9.17, 15) is 8.78 Å². The number of anilines is 1. The SMILES string of the molecule is Nc1cc(-c2nnnn2-c2cccc(F)c2F)ccc1Cl. The minimum absolute atomic E-state index is 0.0940. The molecule has 3 rings (SSSR count). The molecule has 0 saturated carbocycles. The second-order valence-corrected chi connectivity index (χ2v) is 4.63. The Kier molecular flexibility index (Phi) is 3.26. The number of rotatable bonds is 2. The molecule has 0 spiro atoms. The summed E-state index contributed by atoms with van der Waals surface area (Å²) >= 11 is 5.85. The average Bonchev–Trinajstić information content (AvgIpc) is 2.94. The number of aromatic nitrogens is 4. The molecule has 0 aliphatic carbocycles. The molecule has 0 bridgehead atoms. The zero-order valence-electron chi connectivity index (χ0n) is 10.5. The molecule has 1 aromatic heterocycles. The standard InChI is InChI=1S/C13H8ClF2N5/c14-8-5-4-7(6-10(8)17)13-18-19-20-21(13)11-3-1-2-9(15)12(11)16/h1-6H,17H2. The smallest absolute Gasteiger partial charge is 0.187 e. The first-order chi connectivity index (χ1) is 10.1. The number of hydrogen-bond donors (Lipinski definition) is 1. The number of nitrogens with two attached hydrogens (primary N) is 1. The van der Waals surface area contributed by atoms with Crippen LogP contribution in [0.3, 0.4) is 0 Å². The minimum atomic E-state index is -1.03. The van der Waals surface area contributed by atoms with Crippen molar-refractivity contribution in [1.82, 2.24) is 20.2 Å². The first-order valence-corrected chi connectivity index (χ1v) is 6.24. The highest BCUT2D eigenvalue weighted by atomic mass is 35.5.